The first-order valence-electron chi connectivity index (χ1n) is 4.27. The van der Waals surface area contributed by atoms with Gasteiger partial charge >= 0.3 is 0 Å². The molecule has 0 aliphatic heterocycles. The molecule has 2 saturated carbocycles. The Bertz CT molecular complexity index is 128. The quantitative estimate of drug-likeness (QED) is 0.531. The van der Waals surface area contributed by atoms with Gasteiger partial charge < -0.3 is 0 Å². The zero-order valence-corrected chi connectivity index (χ0v) is 6.48. The van der Waals surface area contributed by atoms with Crippen LogP contribution >= 0.6 is 0 Å². The van der Waals surface area contributed by atoms with E-state index in [1.807, 2.05) is 0 Å². The third-order valence-corrected chi connectivity index (χ3v) is 3.60. The molecule has 0 amide bonds. The third kappa shape index (κ3) is 0.595. The smallest absolute Gasteiger partial charge is 0.0266 e. The molecule has 52 valence electrons. The van der Waals surface area contributed by atoms with Gasteiger partial charge in [0.05, 0.1) is 0 Å². The minimum absolute atomic E-state index is 0.857. The molecule has 0 saturated heterocycles. The van der Waals surface area contributed by atoms with E-state index >= 15 is 0 Å². The summed E-state index contributed by atoms with van der Waals surface area (Å²) in [6.07, 6.45) is 6.00. The normalized spacial score (nSPS) is 54.0. The standard InChI is InChI=1S/C9H16/c1-3-4-7-5-8-6-9(7,8)2/h7-8H,3-6H2,1-2H3. The molecule has 0 bridgehead atoms. The zero-order valence-electron chi connectivity index (χ0n) is 6.48. The summed E-state index contributed by atoms with van der Waals surface area (Å²) in [5.74, 6) is 2.28. The van der Waals surface area contributed by atoms with Gasteiger partial charge in [0.25, 0.3) is 0 Å². The number of hydrogen-bond donors (Lipinski definition) is 0. The Labute approximate surface area is 57.6 Å². The zero-order chi connectivity index (χ0) is 6.48. The predicted molar refractivity (Wildman–Crippen MR) is 39.2 cm³/mol. The van der Waals surface area contributed by atoms with Crippen molar-refractivity contribution in [3.05, 3.63) is 0 Å². The van der Waals surface area contributed by atoms with Crippen molar-refractivity contribution in [1.82, 2.24) is 0 Å². The highest BCUT2D eigenvalue weighted by molar-refractivity contribution is 5.12. The van der Waals surface area contributed by atoms with E-state index in [2.05, 4.69) is 13.8 Å². The summed E-state index contributed by atoms with van der Waals surface area (Å²) in [6.45, 7) is 4.78. The lowest BCUT2D eigenvalue weighted by atomic mass is 9.72. The molecule has 0 N–H and O–H groups in total. The molecule has 0 spiro atoms. The van der Waals surface area contributed by atoms with Crippen LogP contribution in [0.15, 0.2) is 0 Å². The SMILES string of the molecule is CCCC1CC2CC12C. The maximum Gasteiger partial charge on any atom is -0.0266 e. The second kappa shape index (κ2) is 1.53. The van der Waals surface area contributed by atoms with E-state index in [0.717, 1.165) is 17.3 Å². The number of hydrogen-bond acceptors (Lipinski definition) is 0. The Morgan fingerprint density at radius 1 is 1.56 bits per heavy atom. The summed E-state index contributed by atoms with van der Waals surface area (Å²) in [7, 11) is 0. The molecule has 0 heteroatoms. The molecule has 3 atom stereocenters. The molecular formula is C9H16. The van der Waals surface area contributed by atoms with Crippen molar-refractivity contribution in [2.24, 2.45) is 17.3 Å². The van der Waals surface area contributed by atoms with Crippen LogP contribution in [-0.2, 0) is 0 Å². The minimum Gasteiger partial charge on any atom is -0.0654 e. The van der Waals surface area contributed by atoms with E-state index < -0.39 is 0 Å². The van der Waals surface area contributed by atoms with Gasteiger partial charge in [-0.15, -0.1) is 0 Å². The highest BCUT2D eigenvalue weighted by Crippen LogP contribution is 2.71. The Kier molecular flexibility index (Phi) is 0.980. The fourth-order valence-corrected chi connectivity index (χ4v) is 2.57. The van der Waals surface area contributed by atoms with Gasteiger partial charge in [-0.1, -0.05) is 26.7 Å². The molecule has 2 aliphatic carbocycles. The van der Waals surface area contributed by atoms with Crippen LogP contribution in [-0.4, -0.2) is 0 Å². The van der Waals surface area contributed by atoms with Gasteiger partial charge in [0.1, 0.15) is 0 Å². The van der Waals surface area contributed by atoms with Gasteiger partial charge in [-0.05, 0) is 30.1 Å². The Hall–Kier alpha value is 0. The monoisotopic (exact) mass is 124 g/mol. The molecule has 0 radical (unpaired) electrons. The van der Waals surface area contributed by atoms with Crippen molar-refractivity contribution < 1.29 is 0 Å². The average molecular weight is 124 g/mol. The maximum atomic E-state index is 2.47. The first kappa shape index (κ1) is 5.76. The average Bonchev–Trinajstić information content (AvgIpc) is 2.34. The maximum absolute atomic E-state index is 2.47. The number of rotatable bonds is 2. The topological polar surface area (TPSA) is 0 Å². The minimum atomic E-state index is 0.857. The first-order valence-corrected chi connectivity index (χ1v) is 4.27. The second-order valence-corrected chi connectivity index (χ2v) is 4.13. The lowest BCUT2D eigenvalue weighted by Gasteiger charge is -2.33. The number of fused-ring (bicyclic) bond motifs is 1. The molecule has 9 heavy (non-hydrogen) atoms. The molecular weight excluding hydrogens is 108 g/mol. The fraction of sp³-hybridized carbons (Fsp3) is 1.00. The van der Waals surface area contributed by atoms with E-state index in [1.54, 1.807) is 12.8 Å². The molecule has 0 nitrogen and oxygen atoms in total. The molecule has 3 unspecified atom stereocenters. The van der Waals surface area contributed by atoms with Crippen LogP contribution < -0.4 is 0 Å². The predicted octanol–water partition coefficient (Wildman–Crippen LogP) is 2.83. The highest BCUT2D eigenvalue weighted by atomic mass is 14.7. The molecule has 2 aliphatic rings. The van der Waals surface area contributed by atoms with E-state index in [4.69, 9.17) is 0 Å². The fourth-order valence-electron chi connectivity index (χ4n) is 2.57. The van der Waals surface area contributed by atoms with Crippen LogP contribution in [0.1, 0.15) is 39.5 Å². The summed E-state index contributed by atoms with van der Waals surface area (Å²) in [5, 5.41) is 0. The molecule has 0 heterocycles. The van der Waals surface area contributed by atoms with Crippen molar-refractivity contribution >= 4 is 0 Å². The van der Waals surface area contributed by atoms with E-state index in [9.17, 15) is 0 Å². The summed E-state index contributed by atoms with van der Waals surface area (Å²) in [4.78, 5) is 0. The Morgan fingerprint density at radius 3 is 2.67 bits per heavy atom. The lowest BCUT2D eigenvalue weighted by Crippen LogP contribution is -2.25. The van der Waals surface area contributed by atoms with E-state index in [1.165, 1.54) is 12.8 Å². The van der Waals surface area contributed by atoms with Crippen LogP contribution in [0, 0.1) is 17.3 Å². The van der Waals surface area contributed by atoms with E-state index in [0.29, 0.717) is 0 Å². The van der Waals surface area contributed by atoms with Gasteiger partial charge in [0.2, 0.25) is 0 Å². The van der Waals surface area contributed by atoms with Crippen LogP contribution in [0.3, 0.4) is 0 Å². The van der Waals surface area contributed by atoms with Gasteiger partial charge in [-0.3, -0.25) is 0 Å². The van der Waals surface area contributed by atoms with E-state index in [-0.39, 0.29) is 0 Å². The largest absolute Gasteiger partial charge is 0.0654 e. The van der Waals surface area contributed by atoms with Crippen molar-refractivity contribution in [3.8, 4) is 0 Å². The summed E-state index contributed by atoms with van der Waals surface area (Å²) in [5.41, 5.74) is 0.857. The van der Waals surface area contributed by atoms with Crippen LogP contribution in [0.2, 0.25) is 0 Å². The molecule has 0 aromatic rings. The first-order chi connectivity index (χ1) is 4.27. The van der Waals surface area contributed by atoms with Crippen molar-refractivity contribution in [3.63, 3.8) is 0 Å². The van der Waals surface area contributed by atoms with Crippen LogP contribution in [0.5, 0.6) is 0 Å². The highest BCUT2D eigenvalue weighted by Gasteiger charge is 2.63. The van der Waals surface area contributed by atoms with Gasteiger partial charge in [0.15, 0.2) is 0 Å². The summed E-state index contributed by atoms with van der Waals surface area (Å²) < 4.78 is 0. The van der Waals surface area contributed by atoms with Crippen molar-refractivity contribution in [2.75, 3.05) is 0 Å². The molecule has 0 aromatic heterocycles. The lowest BCUT2D eigenvalue weighted by molar-refractivity contribution is 0.165. The molecule has 2 rings (SSSR count). The Balaban J connectivity index is 1.89. The van der Waals surface area contributed by atoms with Crippen LogP contribution in [0.4, 0.5) is 0 Å². The van der Waals surface area contributed by atoms with Gasteiger partial charge in [-0.2, -0.15) is 0 Å². The summed E-state index contributed by atoms with van der Waals surface area (Å²) in [6, 6.07) is 0. The van der Waals surface area contributed by atoms with Gasteiger partial charge in [-0.25, -0.2) is 0 Å². The van der Waals surface area contributed by atoms with Crippen LogP contribution in [0.25, 0.3) is 0 Å². The Morgan fingerprint density at radius 2 is 2.33 bits per heavy atom. The molecule has 0 aromatic carbocycles. The summed E-state index contributed by atoms with van der Waals surface area (Å²) >= 11 is 0. The third-order valence-electron chi connectivity index (χ3n) is 3.60. The van der Waals surface area contributed by atoms with Gasteiger partial charge in [0, 0.05) is 0 Å². The second-order valence-electron chi connectivity index (χ2n) is 4.13. The van der Waals surface area contributed by atoms with Crippen molar-refractivity contribution in [2.45, 2.75) is 39.5 Å². The van der Waals surface area contributed by atoms with Crippen molar-refractivity contribution in [1.29, 1.82) is 0 Å². The molecule has 2 fully saturated rings.